The SMILES string of the molecule is COc1ccc(-c2nnc(SCC(=O)N3CCCCCCC3)n2C)cc1. The number of benzene rings is 1. The molecule has 6 nitrogen and oxygen atoms in total. The van der Waals surface area contributed by atoms with Crippen LogP contribution in [0, 0.1) is 0 Å². The molecule has 2 heterocycles. The zero-order valence-electron chi connectivity index (χ0n) is 15.5. The molecular weight excluding hydrogens is 348 g/mol. The molecule has 0 atom stereocenters. The van der Waals surface area contributed by atoms with Crippen molar-refractivity contribution in [1.29, 1.82) is 0 Å². The third kappa shape index (κ3) is 4.58. The third-order valence-corrected chi connectivity index (χ3v) is 5.72. The summed E-state index contributed by atoms with van der Waals surface area (Å²) in [4.78, 5) is 14.5. The van der Waals surface area contributed by atoms with Crippen LogP contribution in [0.5, 0.6) is 5.75 Å². The van der Waals surface area contributed by atoms with E-state index in [0.717, 1.165) is 48.2 Å². The Kier molecular flexibility index (Phi) is 6.55. The van der Waals surface area contributed by atoms with Crippen molar-refractivity contribution < 1.29 is 9.53 Å². The van der Waals surface area contributed by atoms with Gasteiger partial charge in [-0.25, -0.2) is 0 Å². The Morgan fingerprint density at radius 3 is 2.38 bits per heavy atom. The van der Waals surface area contributed by atoms with Crippen molar-refractivity contribution in [2.75, 3.05) is 26.0 Å². The number of carbonyl (C=O) groups is 1. The first-order valence-electron chi connectivity index (χ1n) is 9.13. The Balaban J connectivity index is 1.61. The van der Waals surface area contributed by atoms with E-state index in [1.165, 1.54) is 31.0 Å². The monoisotopic (exact) mass is 374 g/mol. The van der Waals surface area contributed by atoms with Crippen molar-refractivity contribution in [3.63, 3.8) is 0 Å². The number of ether oxygens (including phenoxy) is 1. The number of methoxy groups -OCH3 is 1. The maximum atomic E-state index is 12.5. The molecule has 0 saturated carbocycles. The minimum Gasteiger partial charge on any atom is -0.497 e. The fourth-order valence-corrected chi connectivity index (χ4v) is 3.96. The molecule has 1 aliphatic heterocycles. The second-order valence-electron chi connectivity index (χ2n) is 6.53. The fraction of sp³-hybridized carbons (Fsp3) is 0.526. The van der Waals surface area contributed by atoms with Crippen LogP contribution in [-0.2, 0) is 11.8 Å². The van der Waals surface area contributed by atoms with Gasteiger partial charge in [-0.1, -0.05) is 31.0 Å². The highest BCUT2D eigenvalue weighted by Gasteiger charge is 2.17. The van der Waals surface area contributed by atoms with Crippen LogP contribution in [-0.4, -0.2) is 51.5 Å². The van der Waals surface area contributed by atoms with Crippen molar-refractivity contribution >= 4 is 17.7 Å². The summed E-state index contributed by atoms with van der Waals surface area (Å²) in [5.74, 6) is 2.21. The normalized spacial score (nSPS) is 15.4. The predicted molar refractivity (Wildman–Crippen MR) is 103 cm³/mol. The standard InChI is InChI=1S/C19H26N4O2S/c1-22-18(15-8-10-16(25-2)11-9-15)20-21-19(22)26-14-17(24)23-12-6-4-3-5-7-13-23/h8-11H,3-7,12-14H2,1-2H3. The van der Waals surface area contributed by atoms with Crippen molar-refractivity contribution in [3.05, 3.63) is 24.3 Å². The summed E-state index contributed by atoms with van der Waals surface area (Å²) >= 11 is 1.46. The Morgan fingerprint density at radius 2 is 1.73 bits per heavy atom. The van der Waals surface area contributed by atoms with Gasteiger partial charge in [0, 0.05) is 25.7 Å². The topological polar surface area (TPSA) is 60.3 Å². The number of aromatic nitrogens is 3. The molecule has 140 valence electrons. The molecule has 26 heavy (non-hydrogen) atoms. The lowest BCUT2D eigenvalue weighted by atomic mass is 10.1. The summed E-state index contributed by atoms with van der Waals surface area (Å²) in [7, 11) is 3.58. The van der Waals surface area contributed by atoms with Crippen LogP contribution < -0.4 is 4.74 Å². The summed E-state index contributed by atoms with van der Waals surface area (Å²) in [6.45, 7) is 1.77. The largest absolute Gasteiger partial charge is 0.497 e. The van der Waals surface area contributed by atoms with E-state index in [0.29, 0.717) is 5.75 Å². The zero-order valence-corrected chi connectivity index (χ0v) is 16.3. The van der Waals surface area contributed by atoms with Gasteiger partial charge in [0.2, 0.25) is 5.91 Å². The first-order valence-corrected chi connectivity index (χ1v) is 10.1. The molecular formula is C19H26N4O2S. The van der Waals surface area contributed by atoms with Gasteiger partial charge in [-0.3, -0.25) is 4.79 Å². The molecule has 7 heteroatoms. The fourth-order valence-electron chi connectivity index (χ4n) is 3.15. The van der Waals surface area contributed by atoms with Crippen LogP contribution in [0.1, 0.15) is 32.1 Å². The molecule has 1 amide bonds. The molecule has 0 aliphatic carbocycles. The van der Waals surface area contributed by atoms with E-state index in [1.807, 2.05) is 40.8 Å². The zero-order chi connectivity index (χ0) is 18.4. The number of amides is 1. The minimum absolute atomic E-state index is 0.200. The first kappa shape index (κ1) is 18.8. The number of hydrogen-bond donors (Lipinski definition) is 0. The van der Waals surface area contributed by atoms with Crippen LogP contribution in [0.2, 0.25) is 0 Å². The number of rotatable bonds is 5. The lowest BCUT2D eigenvalue weighted by molar-refractivity contribution is -0.128. The van der Waals surface area contributed by atoms with Crippen LogP contribution in [0.3, 0.4) is 0 Å². The van der Waals surface area contributed by atoms with Crippen LogP contribution >= 0.6 is 11.8 Å². The quantitative estimate of drug-likeness (QED) is 0.751. The summed E-state index contributed by atoms with van der Waals surface area (Å²) < 4.78 is 7.13. The van der Waals surface area contributed by atoms with Crippen LogP contribution in [0.15, 0.2) is 29.4 Å². The molecule has 0 spiro atoms. The van der Waals surface area contributed by atoms with E-state index in [1.54, 1.807) is 7.11 Å². The van der Waals surface area contributed by atoms with Gasteiger partial charge in [0.1, 0.15) is 5.75 Å². The minimum atomic E-state index is 0.200. The van der Waals surface area contributed by atoms with Gasteiger partial charge >= 0.3 is 0 Å². The molecule has 1 aromatic heterocycles. The van der Waals surface area contributed by atoms with Gasteiger partial charge in [-0.05, 0) is 37.1 Å². The maximum Gasteiger partial charge on any atom is 0.233 e. The Morgan fingerprint density at radius 1 is 1.08 bits per heavy atom. The van der Waals surface area contributed by atoms with E-state index in [-0.39, 0.29) is 5.91 Å². The second kappa shape index (κ2) is 9.07. The molecule has 1 aromatic carbocycles. The van der Waals surface area contributed by atoms with Crippen molar-refractivity contribution in [2.45, 2.75) is 37.3 Å². The number of likely N-dealkylation sites (tertiary alicyclic amines) is 1. The van der Waals surface area contributed by atoms with Crippen LogP contribution in [0.25, 0.3) is 11.4 Å². The van der Waals surface area contributed by atoms with Gasteiger partial charge in [0.15, 0.2) is 11.0 Å². The molecule has 0 bridgehead atoms. The molecule has 0 radical (unpaired) electrons. The number of carbonyl (C=O) groups excluding carboxylic acids is 1. The number of nitrogens with zero attached hydrogens (tertiary/aromatic N) is 4. The van der Waals surface area contributed by atoms with E-state index in [2.05, 4.69) is 10.2 Å². The lowest BCUT2D eigenvalue weighted by Gasteiger charge is -2.24. The smallest absolute Gasteiger partial charge is 0.233 e. The average molecular weight is 375 g/mol. The predicted octanol–water partition coefficient (Wildman–Crippen LogP) is 3.38. The van der Waals surface area contributed by atoms with E-state index in [9.17, 15) is 4.79 Å². The van der Waals surface area contributed by atoms with Gasteiger partial charge < -0.3 is 14.2 Å². The first-order chi connectivity index (χ1) is 12.7. The molecule has 1 aliphatic rings. The maximum absolute atomic E-state index is 12.5. The van der Waals surface area contributed by atoms with E-state index in [4.69, 9.17) is 4.74 Å². The van der Waals surface area contributed by atoms with Gasteiger partial charge in [-0.2, -0.15) is 0 Å². The van der Waals surface area contributed by atoms with Crippen LogP contribution in [0.4, 0.5) is 0 Å². The Bertz CT molecular complexity index is 722. The molecule has 0 unspecified atom stereocenters. The highest BCUT2D eigenvalue weighted by Crippen LogP contribution is 2.24. The number of hydrogen-bond acceptors (Lipinski definition) is 5. The van der Waals surface area contributed by atoms with Crippen molar-refractivity contribution in [1.82, 2.24) is 19.7 Å². The van der Waals surface area contributed by atoms with Crippen molar-refractivity contribution in [2.24, 2.45) is 7.05 Å². The van der Waals surface area contributed by atoms with Gasteiger partial charge in [-0.15, -0.1) is 10.2 Å². The Labute approximate surface area is 158 Å². The highest BCUT2D eigenvalue weighted by molar-refractivity contribution is 7.99. The second-order valence-corrected chi connectivity index (χ2v) is 7.47. The summed E-state index contributed by atoms with van der Waals surface area (Å²) in [6.07, 6.45) is 5.98. The van der Waals surface area contributed by atoms with E-state index < -0.39 is 0 Å². The average Bonchev–Trinajstić information content (AvgIpc) is 3.00. The molecule has 0 N–H and O–H groups in total. The summed E-state index contributed by atoms with van der Waals surface area (Å²) in [5.41, 5.74) is 0.975. The molecule has 1 fully saturated rings. The number of thioether (sulfide) groups is 1. The Hall–Kier alpha value is -2.02. The third-order valence-electron chi connectivity index (χ3n) is 4.72. The molecule has 1 saturated heterocycles. The molecule has 3 rings (SSSR count). The van der Waals surface area contributed by atoms with Gasteiger partial charge in [0.05, 0.1) is 12.9 Å². The molecule has 2 aromatic rings. The van der Waals surface area contributed by atoms with E-state index >= 15 is 0 Å². The highest BCUT2D eigenvalue weighted by atomic mass is 32.2. The lowest BCUT2D eigenvalue weighted by Crippen LogP contribution is -2.35. The van der Waals surface area contributed by atoms with Gasteiger partial charge in [0.25, 0.3) is 0 Å². The summed E-state index contributed by atoms with van der Waals surface area (Å²) in [5, 5.41) is 9.31. The summed E-state index contributed by atoms with van der Waals surface area (Å²) in [6, 6.07) is 7.73. The van der Waals surface area contributed by atoms with Crippen molar-refractivity contribution in [3.8, 4) is 17.1 Å².